The molecule has 262 valence electrons. The minimum atomic E-state index is -4.12. The summed E-state index contributed by atoms with van der Waals surface area (Å²) >= 11 is 0. The molecule has 1 aromatic carbocycles. The maximum Gasteiger partial charge on any atom is 0.416 e. The average molecular weight is 704 g/mol. The predicted octanol–water partition coefficient (Wildman–Crippen LogP) is 5.13. The fraction of sp³-hybridized carbons (Fsp3) is 0.455. The maximum atomic E-state index is 13.9. The highest BCUT2D eigenvalue weighted by Gasteiger charge is 2.30. The number of carbonyl (C=O) groups is 2. The SMILES string of the molecule is CCCS(=O)(=O)N(C)c1ccc(CN(Cc2cccc(N(CC(=O)OC(C)(C)C)C(=O)OC(C)(C)C)n2)S(=O)(=O)c2cccnc2)cc1. The van der Waals surface area contributed by atoms with Crippen LogP contribution in [0, 0.1) is 0 Å². The summed E-state index contributed by atoms with van der Waals surface area (Å²) in [5, 5.41) is 0. The molecular formula is C33H45N5O8S2. The molecule has 0 unspecified atom stereocenters. The molecule has 1 amide bonds. The number of anilines is 2. The van der Waals surface area contributed by atoms with Gasteiger partial charge in [-0.3, -0.25) is 19.0 Å². The third-order valence-corrected chi connectivity index (χ3v) is 10.3. The molecule has 3 rings (SSSR count). The van der Waals surface area contributed by atoms with E-state index in [-0.39, 0.29) is 35.2 Å². The summed E-state index contributed by atoms with van der Waals surface area (Å²) in [6.07, 6.45) is 2.35. The Balaban J connectivity index is 1.99. The van der Waals surface area contributed by atoms with Gasteiger partial charge in [-0.25, -0.2) is 26.6 Å². The summed E-state index contributed by atoms with van der Waals surface area (Å²) in [6.45, 7) is 11.2. The van der Waals surface area contributed by atoms with Crippen molar-refractivity contribution < 1.29 is 35.9 Å². The Bertz CT molecular complexity index is 1770. The molecule has 13 nitrogen and oxygen atoms in total. The lowest BCUT2D eigenvalue weighted by atomic mass is 10.2. The number of aromatic nitrogens is 2. The van der Waals surface area contributed by atoms with E-state index in [1.807, 2.05) is 0 Å². The molecule has 0 spiro atoms. The number of ether oxygens (including phenoxy) is 2. The second kappa shape index (κ2) is 15.4. The fourth-order valence-electron chi connectivity index (χ4n) is 4.39. The van der Waals surface area contributed by atoms with Gasteiger partial charge < -0.3 is 9.47 Å². The predicted molar refractivity (Wildman–Crippen MR) is 183 cm³/mol. The number of nitrogens with zero attached hydrogens (tertiary/aromatic N) is 5. The molecule has 0 N–H and O–H groups in total. The van der Waals surface area contributed by atoms with E-state index in [2.05, 4.69) is 9.97 Å². The molecule has 3 aromatic rings. The number of benzene rings is 1. The van der Waals surface area contributed by atoms with Crippen LogP contribution in [-0.2, 0) is 47.4 Å². The van der Waals surface area contributed by atoms with E-state index in [0.29, 0.717) is 17.7 Å². The van der Waals surface area contributed by atoms with Crippen LogP contribution in [0.1, 0.15) is 66.1 Å². The fourth-order valence-corrected chi connectivity index (χ4v) is 6.99. The third kappa shape index (κ3) is 11.0. The molecule has 0 bridgehead atoms. The molecule has 0 fully saturated rings. The van der Waals surface area contributed by atoms with Gasteiger partial charge in [-0.1, -0.05) is 25.1 Å². The number of amides is 1. The van der Waals surface area contributed by atoms with Crippen LogP contribution >= 0.6 is 0 Å². The molecule has 0 radical (unpaired) electrons. The first-order valence-corrected chi connectivity index (χ1v) is 18.4. The summed E-state index contributed by atoms with van der Waals surface area (Å²) in [4.78, 5) is 35.6. The molecule has 0 aliphatic heterocycles. The van der Waals surface area contributed by atoms with Crippen LogP contribution in [0.4, 0.5) is 16.3 Å². The van der Waals surface area contributed by atoms with E-state index in [4.69, 9.17) is 9.47 Å². The molecule has 15 heteroatoms. The zero-order valence-corrected chi connectivity index (χ0v) is 30.3. The minimum absolute atomic E-state index is 0.00240. The number of hydrogen-bond donors (Lipinski definition) is 0. The number of carbonyl (C=O) groups excluding carboxylic acids is 2. The van der Waals surface area contributed by atoms with E-state index in [1.54, 1.807) is 84.9 Å². The Morgan fingerprint density at radius 2 is 1.48 bits per heavy atom. The van der Waals surface area contributed by atoms with E-state index in [9.17, 15) is 26.4 Å². The van der Waals surface area contributed by atoms with Gasteiger partial charge in [0.15, 0.2) is 0 Å². The standard InChI is InChI=1S/C33H45N5O8S2/c1-9-20-47(41,42)36(8)27-17-15-25(16-18-27)22-37(48(43,44)28-13-11-19-34-21-28)23-26-12-10-14-29(35-26)38(31(40)46-33(5,6)7)24-30(39)45-32(2,3)4/h10-19,21H,9,20,22-24H2,1-8H3. The minimum Gasteiger partial charge on any atom is -0.459 e. The van der Waals surface area contributed by atoms with Crippen molar-refractivity contribution in [3.8, 4) is 0 Å². The van der Waals surface area contributed by atoms with Crippen molar-refractivity contribution in [1.29, 1.82) is 0 Å². The Labute approximate surface area is 284 Å². The lowest BCUT2D eigenvalue weighted by Crippen LogP contribution is -2.42. The molecule has 2 aromatic heterocycles. The highest BCUT2D eigenvalue weighted by atomic mass is 32.2. The Morgan fingerprint density at radius 1 is 0.833 bits per heavy atom. The van der Waals surface area contributed by atoms with Crippen LogP contribution in [0.25, 0.3) is 0 Å². The van der Waals surface area contributed by atoms with Gasteiger partial charge in [-0.15, -0.1) is 0 Å². The Morgan fingerprint density at radius 3 is 2.04 bits per heavy atom. The second-order valence-corrected chi connectivity index (χ2v) is 17.1. The highest BCUT2D eigenvalue weighted by molar-refractivity contribution is 7.92. The molecule has 0 saturated carbocycles. The van der Waals surface area contributed by atoms with Crippen LogP contribution < -0.4 is 9.21 Å². The number of pyridine rings is 2. The van der Waals surface area contributed by atoms with Gasteiger partial charge in [0.05, 0.1) is 23.7 Å². The van der Waals surface area contributed by atoms with E-state index in [1.165, 1.54) is 46.3 Å². The molecule has 0 aliphatic rings. The van der Waals surface area contributed by atoms with Crippen molar-refractivity contribution in [2.24, 2.45) is 0 Å². The second-order valence-electron chi connectivity index (χ2n) is 13.1. The molecular weight excluding hydrogens is 659 g/mol. The first-order valence-electron chi connectivity index (χ1n) is 15.4. The molecule has 0 atom stereocenters. The van der Waals surface area contributed by atoms with Crippen molar-refractivity contribution in [3.05, 3.63) is 78.2 Å². The normalized spacial score (nSPS) is 12.4. The van der Waals surface area contributed by atoms with Crippen LogP contribution in [0.2, 0.25) is 0 Å². The van der Waals surface area contributed by atoms with Crippen molar-refractivity contribution in [3.63, 3.8) is 0 Å². The molecule has 0 saturated heterocycles. The third-order valence-electron chi connectivity index (χ3n) is 6.54. The first-order chi connectivity index (χ1) is 22.2. The van der Waals surface area contributed by atoms with Gasteiger partial charge in [0, 0.05) is 26.0 Å². The number of sulfonamides is 2. The lowest BCUT2D eigenvalue weighted by Gasteiger charge is -2.28. The van der Waals surface area contributed by atoms with Crippen LogP contribution in [-0.4, -0.2) is 73.7 Å². The number of esters is 1. The number of rotatable bonds is 13. The zero-order valence-electron chi connectivity index (χ0n) is 28.7. The summed E-state index contributed by atoms with van der Waals surface area (Å²) in [6, 6.07) is 14.2. The van der Waals surface area contributed by atoms with Gasteiger partial charge in [0.1, 0.15) is 28.5 Å². The lowest BCUT2D eigenvalue weighted by molar-refractivity contribution is -0.153. The zero-order chi connectivity index (χ0) is 35.9. The first kappa shape index (κ1) is 38.4. The molecule has 2 heterocycles. The monoisotopic (exact) mass is 703 g/mol. The Kier molecular flexibility index (Phi) is 12.3. The van der Waals surface area contributed by atoms with Gasteiger partial charge in [-0.05, 0) is 89.9 Å². The van der Waals surface area contributed by atoms with Crippen molar-refractivity contribution in [2.45, 2.75) is 84.1 Å². The van der Waals surface area contributed by atoms with Crippen LogP contribution in [0.5, 0.6) is 0 Å². The summed E-state index contributed by atoms with van der Waals surface area (Å²) in [5.41, 5.74) is -0.371. The summed E-state index contributed by atoms with van der Waals surface area (Å²) in [5.74, 6) is -0.623. The molecule has 0 aliphatic carbocycles. The topological polar surface area (TPSA) is 156 Å². The average Bonchev–Trinajstić information content (AvgIpc) is 2.98. The van der Waals surface area contributed by atoms with Gasteiger partial charge in [0.25, 0.3) is 0 Å². The van der Waals surface area contributed by atoms with Crippen molar-refractivity contribution in [1.82, 2.24) is 14.3 Å². The van der Waals surface area contributed by atoms with E-state index < -0.39 is 49.9 Å². The maximum absolute atomic E-state index is 13.9. The van der Waals surface area contributed by atoms with Gasteiger partial charge in [-0.2, -0.15) is 4.31 Å². The Hall–Kier alpha value is -4.08. The summed E-state index contributed by atoms with van der Waals surface area (Å²) in [7, 11) is -6.15. The molecule has 48 heavy (non-hydrogen) atoms. The van der Waals surface area contributed by atoms with Gasteiger partial charge >= 0.3 is 12.1 Å². The smallest absolute Gasteiger partial charge is 0.416 e. The van der Waals surface area contributed by atoms with Crippen molar-refractivity contribution >= 4 is 43.6 Å². The number of hydrogen-bond acceptors (Lipinski definition) is 10. The van der Waals surface area contributed by atoms with Gasteiger partial charge in [0.2, 0.25) is 20.0 Å². The van der Waals surface area contributed by atoms with E-state index >= 15 is 0 Å². The van der Waals surface area contributed by atoms with Crippen LogP contribution in [0.3, 0.4) is 0 Å². The quantitative estimate of drug-likeness (QED) is 0.219. The summed E-state index contributed by atoms with van der Waals surface area (Å²) < 4.78 is 66.3. The van der Waals surface area contributed by atoms with Crippen LogP contribution in [0.15, 0.2) is 71.9 Å². The van der Waals surface area contributed by atoms with E-state index in [0.717, 1.165) is 4.90 Å². The highest BCUT2D eigenvalue weighted by Crippen LogP contribution is 2.24. The largest absolute Gasteiger partial charge is 0.459 e. The van der Waals surface area contributed by atoms with Crippen molar-refractivity contribution in [2.75, 3.05) is 28.6 Å².